The Balaban J connectivity index is 2.83. The fourth-order valence-electron chi connectivity index (χ4n) is 1.82. The van der Waals surface area contributed by atoms with Gasteiger partial charge in [0.2, 0.25) is 0 Å². The highest BCUT2D eigenvalue weighted by Crippen LogP contribution is 2.28. The zero-order chi connectivity index (χ0) is 11.1. The molecule has 0 spiro atoms. The Bertz CT molecular complexity index is 495. The van der Waals surface area contributed by atoms with Gasteiger partial charge < -0.3 is 0 Å². The number of aromatic nitrogens is 2. The van der Waals surface area contributed by atoms with E-state index in [1.165, 1.54) is 5.56 Å². The maximum absolute atomic E-state index is 4.40. The summed E-state index contributed by atoms with van der Waals surface area (Å²) in [6.45, 7) is 8.65. The van der Waals surface area contributed by atoms with Crippen molar-refractivity contribution in [1.82, 2.24) is 9.97 Å². The second-order valence-electron chi connectivity index (χ2n) is 4.91. The molecule has 15 heavy (non-hydrogen) atoms. The lowest BCUT2D eigenvalue weighted by Crippen LogP contribution is -2.12. The van der Waals surface area contributed by atoms with Crippen LogP contribution in [-0.4, -0.2) is 9.97 Å². The molecule has 78 valence electrons. The maximum Gasteiger partial charge on any atom is 0.116 e. The van der Waals surface area contributed by atoms with Gasteiger partial charge in [-0.3, -0.25) is 0 Å². The molecule has 1 aromatic heterocycles. The molecule has 0 N–H and O–H groups in total. The second-order valence-corrected chi connectivity index (χ2v) is 4.91. The molecule has 0 atom stereocenters. The van der Waals surface area contributed by atoms with Gasteiger partial charge in [-0.2, -0.15) is 0 Å². The number of aryl methyl sites for hydroxylation is 1. The smallest absolute Gasteiger partial charge is 0.116 e. The number of fused-ring (bicyclic) bond motifs is 1. The predicted octanol–water partition coefficient (Wildman–Crippen LogP) is 3.24. The largest absolute Gasteiger partial charge is 0.241 e. The monoisotopic (exact) mass is 200 g/mol. The summed E-state index contributed by atoms with van der Waals surface area (Å²) in [4.78, 5) is 8.62. The van der Waals surface area contributed by atoms with Crippen LogP contribution in [0, 0.1) is 6.92 Å². The molecule has 1 heterocycles. The topological polar surface area (TPSA) is 25.8 Å². The van der Waals surface area contributed by atoms with Crippen molar-refractivity contribution in [1.29, 1.82) is 0 Å². The predicted molar refractivity (Wildman–Crippen MR) is 63.0 cm³/mol. The van der Waals surface area contributed by atoms with Gasteiger partial charge in [0.05, 0.1) is 5.52 Å². The lowest BCUT2D eigenvalue weighted by atomic mass is 9.85. The molecule has 0 amide bonds. The molecule has 0 aliphatic carbocycles. The van der Waals surface area contributed by atoms with Gasteiger partial charge in [-0.1, -0.05) is 39.0 Å². The van der Waals surface area contributed by atoms with Crippen LogP contribution in [0.15, 0.2) is 24.5 Å². The van der Waals surface area contributed by atoms with Gasteiger partial charge in [0.1, 0.15) is 6.33 Å². The highest BCUT2D eigenvalue weighted by atomic mass is 14.8. The van der Waals surface area contributed by atoms with Gasteiger partial charge in [0, 0.05) is 11.1 Å². The summed E-state index contributed by atoms with van der Waals surface area (Å²) in [6.07, 6.45) is 1.65. The normalized spacial score (nSPS) is 12.0. The average Bonchev–Trinajstić information content (AvgIpc) is 2.16. The van der Waals surface area contributed by atoms with Crippen molar-refractivity contribution in [3.63, 3.8) is 0 Å². The van der Waals surface area contributed by atoms with Gasteiger partial charge >= 0.3 is 0 Å². The van der Waals surface area contributed by atoms with Crippen LogP contribution in [-0.2, 0) is 5.41 Å². The van der Waals surface area contributed by atoms with Crippen LogP contribution in [0.3, 0.4) is 0 Å². The standard InChI is InChI=1S/C13H16N2/c1-9-10-6-5-7-11(13(2,3)4)12(10)15-8-14-9/h5-8H,1-4H3. The van der Waals surface area contributed by atoms with E-state index in [-0.39, 0.29) is 5.41 Å². The number of rotatable bonds is 0. The first-order valence-electron chi connectivity index (χ1n) is 5.21. The van der Waals surface area contributed by atoms with Crippen molar-refractivity contribution in [2.24, 2.45) is 0 Å². The summed E-state index contributed by atoms with van der Waals surface area (Å²) in [5, 5.41) is 1.16. The molecular formula is C13H16N2. The molecule has 2 heteroatoms. The van der Waals surface area contributed by atoms with Crippen LogP contribution in [0.5, 0.6) is 0 Å². The number of para-hydroxylation sites is 1. The minimum atomic E-state index is 0.125. The van der Waals surface area contributed by atoms with Crippen LogP contribution in [0.2, 0.25) is 0 Å². The summed E-state index contributed by atoms with van der Waals surface area (Å²) in [7, 11) is 0. The fraction of sp³-hybridized carbons (Fsp3) is 0.385. The van der Waals surface area contributed by atoms with E-state index in [1.807, 2.05) is 6.92 Å². The number of benzene rings is 1. The van der Waals surface area contributed by atoms with Crippen molar-refractivity contribution in [3.8, 4) is 0 Å². The van der Waals surface area contributed by atoms with Crippen molar-refractivity contribution < 1.29 is 0 Å². The molecule has 2 aromatic rings. The van der Waals surface area contributed by atoms with E-state index in [9.17, 15) is 0 Å². The van der Waals surface area contributed by atoms with Crippen LogP contribution in [0.4, 0.5) is 0 Å². The van der Waals surface area contributed by atoms with Crippen LogP contribution >= 0.6 is 0 Å². The Labute approximate surface area is 90.4 Å². The van der Waals surface area contributed by atoms with E-state index >= 15 is 0 Å². The Morgan fingerprint density at radius 1 is 1.07 bits per heavy atom. The third-order valence-corrected chi connectivity index (χ3v) is 2.67. The molecule has 0 saturated carbocycles. The van der Waals surface area contributed by atoms with E-state index in [2.05, 4.69) is 48.9 Å². The van der Waals surface area contributed by atoms with Gasteiger partial charge in [0.15, 0.2) is 0 Å². The van der Waals surface area contributed by atoms with Gasteiger partial charge in [-0.25, -0.2) is 9.97 Å². The van der Waals surface area contributed by atoms with E-state index in [4.69, 9.17) is 0 Å². The van der Waals surface area contributed by atoms with Gasteiger partial charge in [0.25, 0.3) is 0 Å². The summed E-state index contributed by atoms with van der Waals surface area (Å²) in [5.74, 6) is 0. The van der Waals surface area contributed by atoms with E-state index in [1.54, 1.807) is 6.33 Å². The Kier molecular flexibility index (Phi) is 2.22. The number of hydrogen-bond acceptors (Lipinski definition) is 2. The van der Waals surface area contributed by atoms with Crippen LogP contribution < -0.4 is 0 Å². The van der Waals surface area contributed by atoms with Crippen molar-refractivity contribution in [2.75, 3.05) is 0 Å². The van der Waals surface area contributed by atoms with Gasteiger partial charge in [-0.15, -0.1) is 0 Å². The molecule has 0 aliphatic rings. The molecule has 2 nitrogen and oxygen atoms in total. The summed E-state index contributed by atoms with van der Waals surface area (Å²) in [6, 6.07) is 6.31. The highest BCUT2D eigenvalue weighted by Gasteiger charge is 2.17. The molecule has 0 bridgehead atoms. The van der Waals surface area contributed by atoms with Crippen molar-refractivity contribution >= 4 is 10.9 Å². The lowest BCUT2D eigenvalue weighted by molar-refractivity contribution is 0.594. The van der Waals surface area contributed by atoms with E-state index in [0.717, 1.165) is 16.6 Å². The van der Waals surface area contributed by atoms with Gasteiger partial charge in [-0.05, 0) is 17.9 Å². The molecule has 2 rings (SSSR count). The Morgan fingerprint density at radius 3 is 2.47 bits per heavy atom. The van der Waals surface area contributed by atoms with Crippen LogP contribution in [0.1, 0.15) is 32.0 Å². The number of hydrogen-bond donors (Lipinski definition) is 0. The van der Waals surface area contributed by atoms with Crippen molar-refractivity contribution in [2.45, 2.75) is 33.1 Å². The summed E-state index contributed by atoms with van der Waals surface area (Å²) in [5.41, 5.74) is 3.54. The van der Waals surface area contributed by atoms with E-state index in [0.29, 0.717) is 0 Å². The molecule has 0 saturated heterocycles. The summed E-state index contributed by atoms with van der Waals surface area (Å²) < 4.78 is 0. The highest BCUT2D eigenvalue weighted by molar-refractivity contribution is 5.84. The Hall–Kier alpha value is -1.44. The SMILES string of the molecule is Cc1ncnc2c(C(C)(C)C)cccc12. The summed E-state index contributed by atoms with van der Waals surface area (Å²) >= 11 is 0. The first-order valence-corrected chi connectivity index (χ1v) is 5.21. The zero-order valence-electron chi connectivity index (χ0n) is 9.70. The Morgan fingerprint density at radius 2 is 1.80 bits per heavy atom. The average molecular weight is 200 g/mol. The molecule has 1 aromatic carbocycles. The van der Waals surface area contributed by atoms with Crippen LogP contribution in [0.25, 0.3) is 10.9 Å². The first-order chi connectivity index (χ1) is 7.00. The molecule has 0 fully saturated rings. The third-order valence-electron chi connectivity index (χ3n) is 2.67. The molecule has 0 radical (unpaired) electrons. The molecular weight excluding hydrogens is 184 g/mol. The second kappa shape index (κ2) is 3.30. The molecule has 0 unspecified atom stereocenters. The quantitative estimate of drug-likeness (QED) is 0.652. The minimum absolute atomic E-state index is 0.125. The fourth-order valence-corrected chi connectivity index (χ4v) is 1.82. The van der Waals surface area contributed by atoms with Crippen molar-refractivity contribution in [3.05, 3.63) is 35.8 Å². The number of nitrogens with zero attached hydrogens (tertiary/aromatic N) is 2. The minimum Gasteiger partial charge on any atom is -0.241 e. The lowest BCUT2D eigenvalue weighted by Gasteiger charge is -2.20. The first kappa shape index (κ1) is 10.1. The molecule has 0 aliphatic heterocycles. The maximum atomic E-state index is 4.40. The van der Waals surface area contributed by atoms with E-state index < -0.39 is 0 Å². The third kappa shape index (κ3) is 1.72. The zero-order valence-corrected chi connectivity index (χ0v) is 9.70.